The summed E-state index contributed by atoms with van der Waals surface area (Å²) in [6, 6.07) is 5.32. The molecule has 4 aromatic rings. The fraction of sp³-hybridized carbons (Fsp3) is 0.333. The number of esters is 1. The van der Waals surface area contributed by atoms with E-state index in [4.69, 9.17) is 9.47 Å². The Morgan fingerprint density at radius 1 is 1.15 bits per heavy atom. The molecule has 4 rings (SSSR count). The predicted molar refractivity (Wildman–Crippen MR) is 124 cm³/mol. The van der Waals surface area contributed by atoms with Crippen molar-refractivity contribution in [3.8, 4) is 5.75 Å². The maximum atomic E-state index is 12.9. The van der Waals surface area contributed by atoms with Crippen molar-refractivity contribution in [2.75, 3.05) is 13.7 Å². The Bertz CT molecular complexity index is 1620. The fourth-order valence-corrected chi connectivity index (χ4v) is 4.63. The lowest BCUT2D eigenvalue weighted by atomic mass is 10.3. The van der Waals surface area contributed by atoms with Crippen molar-refractivity contribution in [1.82, 2.24) is 23.3 Å². The second-order valence-electron chi connectivity index (χ2n) is 7.37. The van der Waals surface area contributed by atoms with Gasteiger partial charge in [0.15, 0.2) is 16.0 Å². The summed E-state index contributed by atoms with van der Waals surface area (Å²) in [6.07, 6.45) is 1.32. The Kier molecular flexibility index (Phi) is 6.20. The van der Waals surface area contributed by atoms with Gasteiger partial charge in [-0.25, -0.2) is 9.78 Å². The number of aryl methyl sites for hydroxylation is 1. The normalized spacial score (nSPS) is 11.9. The molecule has 13 heteroatoms. The fourth-order valence-electron chi connectivity index (χ4n) is 3.56. The van der Waals surface area contributed by atoms with E-state index in [0.29, 0.717) is 16.1 Å². The maximum Gasteiger partial charge on any atom is 0.332 e. The van der Waals surface area contributed by atoms with E-state index in [1.54, 1.807) is 36.8 Å². The van der Waals surface area contributed by atoms with Crippen molar-refractivity contribution in [2.45, 2.75) is 20.0 Å². The molecule has 0 saturated heterocycles. The molecule has 0 aliphatic heterocycles. The molecule has 0 radical (unpaired) electrons. The monoisotopic (exact) mass is 486 g/mol. The number of nitrogens with zero attached hydrogens (tertiary/aromatic N) is 6. The van der Waals surface area contributed by atoms with E-state index in [-0.39, 0.29) is 30.9 Å². The number of carbonyl (C=O) groups excluding carboxylic acids is 2. The zero-order valence-corrected chi connectivity index (χ0v) is 19.8. The van der Waals surface area contributed by atoms with Gasteiger partial charge in [-0.3, -0.25) is 23.5 Å². The highest BCUT2D eigenvalue weighted by molar-refractivity contribution is 7.16. The number of hydrogen-bond donors (Lipinski definition) is 0. The molecule has 0 aliphatic rings. The van der Waals surface area contributed by atoms with Crippen LogP contribution in [0.3, 0.4) is 0 Å². The Balaban J connectivity index is 1.78. The van der Waals surface area contributed by atoms with Crippen LogP contribution in [-0.4, -0.2) is 48.8 Å². The average molecular weight is 487 g/mol. The van der Waals surface area contributed by atoms with Gasteiger partial charge in [0.05, 0.1) is 30.3 Å². The number of fused-ring (bicyclic) bond motifs is 2. The van der Waals surface area contributed by atoms with Crippen molar-refractivity contribution in [2.24, 2.45) is 19.1 Å². The van der Waals surface area contributed by atoms with Crippen molar-refractivity contribution in [3.05, 3.63) is 50.2 Å². The number of imidazole rings is 1. The number of amides is 1. The van der Waals surface area contributed by atoms with Gasteiger partial charge in [0.25, 0.3) is 11.5 Å². The Hall–Kier alpha value is -4.00. The second kappa shape index (κ2) is 9.09. The van der Waals surface area contributed by atoms with Crippen molar-refractivity contribution < 1.29 is 19.1 Å². The van der Waals surface area contributed by atoms with Crippen LogP contribution in [0.4, 0.5) is 0 Å². The van der Waals surface area contributed by atoms with Crippen molar-refractivity contribution in [3.63, 3.8) is 0 Å². The van der Waals surface area contributed by atoms with Gasteiger partial charge in [-0.15, -0.1) is 0 Å². The molecule has 178 valence electrons. The molecule has 0 spiro atoms. The van der Waals surface area contributed by atoms with E-state index < -0.39 is 23.1 Å². The van der Waals surface area contributed by atoms with Gasteiger partial charge in [0.1, 0.15) is 18.8 Å². The molecule has 0 saturated carbocycles. The first kappa shape index (κ1) is 23.2. The first-order valence-corrected chi connectivity index (χ1v) is 11.1. The first-order chi connectivity index (χ1) is 16.2. The predicted octanol–water partition coefficient (Wildman–Crippen LogP) is 0.149. The number of rotatable bonds is 6. The van der Waals surface area contributed by atoms with Gasteiger partial charge >= 0.3 is 11.7 Å². The number of ether oxygens (including phenoxy) is 2. The number of benzene rings is 1. The third-order valence-corrected chi connectivity index (χ3v) is 6.27. The molecule has 0 N–H and O–H groups in total. The number of thiazole rings is 1. The molecule has 0 unspecified atom stereocenters. The first-order valence-electron chi connectivity index (χ1n) is 10.3. The van der Waals surface area contributed by atoms with E-state index in [9.17, 15) is 19.2 Å². The Labute approximate surface area is 195 Å². The molecule has 34 heavy (non-hydrogen) atoms. The van der Waals surface area contributed by atoms with Crippen LogP contribution in [0.5, 0.6) is 5.75 Å². The molecule has 0 aliphatic carbocycles. The van der Waals surface area contributed by atoms with Gasteiger partial charge in [0, 0.05) is 14.1 Å². The summed E-state index contributed by atoms with van der Waals surface area (Å²) in [5.74, 6) is -0.399. The van der Waals surface area contributed by atoms with E-state index >= 15 is 0 Å². The molecule has 0 atom stereocenters. The summed E-state index contributed by atoms with van der Waals surface area (Å²) < 4.78 is 16.2. The van der Waals surface area contributed by atoms with Crippen LogP contribution in [0.15, 0.2) is 39.1 Å². The van der Waals surface area contributed by atoms with E-state index in [0.717, 1.165) is 9.27 Å². The lowest BCUT2D eigenvalue weighted by Gasteiger charge is -2.06. The van der Waals surface area contributed by atoms with Crippen LogP contribution in [0.25, 0.3) is 21.4 Å². The number of hydrogen-bond acceptors (Lipinski definition) is 8. The summed E-state index contributed by atoms with van der Waals surface area (Å²) in [5.41, 5.74) is -0.0857. The minimum atomic E-state index is -0.564. The van der Waals surface area contributed by atoms with Gasteiger partial charge in [0.2, 0.25) is 0 Å². The van der Waals surface area contributed by atoms with Crippen molar-refractivity contribution in [1.29, 1.82) is 0 Å². The zero-order chi connectivity index (χ0) is 24.6. The molecular formula is C21H22N6O6S. The van der Waals surface area contributed by atoms with Crippen LogP contribution in [0, 0.1) is 0 Å². The molecule has 3 heterocycles. The Morgan fingerprint density at radius 3 is 2.62 bits per heavy atom. The summed E-state index contributed by atoms with van der Waals surface area (Å²) in [6.45, 7) is 1.54. The highest BCUT2D eigenvalue weighted by Crippen LogP contribution is 2.23. The van der Waals surface area contributed by atoms with Gasteiger partial charge < -0.3 is 18.6 Å². The van der Waals surface area contributed by atoms with Gasteiger partial charge in [-0.05, 0) is 25.1 Å². The largest absolute Gasteiger partial charge is 0.497 e. The summed E-state index contributed by atoms with van der Waals surface area (Å²) in [4.78, 5) is 58.4. The molecule has 1 amide bonds. The van der Waals surface area contributed by atoms with Crippen LogP contribution in [0.2, 0.25) is 0 Å². The van der Waals surface area contributed by atoms with E-state index in [2.05, 4.69) is 9.98 Å². The lowest BCUT2D eigenvalue weighted by Crippen LogP contribution is -2.37. The van der Waals surface area contributed by atoms with Crippen LogP contribution in [-0.2, 0) is 41.5 Å². The molecular weight excluding hydrogens is 464 g/mol. The van der Waals surface area contributed by atoms with Gasteiger partial charge in [-0.1, -0.05) is 11.3 Å². The summed E-state index contributed by atoms with van der Waals surface area (Å²) in [5, 5.41) is 0. The van der Waals surface area contributed by atoms with Gasteiger partial charge in [-0.2, -0.15) is 4.99 Å². The third-order valence-electron chi connectivity index (χ3n) is 5.23. The smallest absolute Gasteiger partial charge is 0.332 e. The van der Waals surface area contributed by atoms with Crippen LogP contribution < -0.4 is 20.8 Å². The lowest BCUT2D eigenvalue weighted by molar-refractivity contribution is -0.143. The van der Waals surface area contributed by atoms with Crippen LogP contribution in [0.1, 0.15) is 6.92 Å². The topological polar surface area (TPSA) is 132 Å². The average Bonchev–Trinajstić information content (AvgIpc) is 3.37. The highest BCUT2D eigenvalue weighted by Gasteiger charge is 2.17. The number of aromatic nitrogens is 5. The van der Waals surface area contributed by atoms with Crippen LogP contribution >= 0.6 is 11.3 Å². The van der Waals surface area contributed by atoms with Crippen molar-refractivity contribution >= 4 is 44.6 Å². The molecule has 1 aromatic carbocycles. The molecule has 12 nitrogen and oxygen atoms in total. The second-order valence-corrected chi connectivity index (χ2v) is 8.37. The van der Waals surface area contributed by atoms with E-state index in [1.165, 1.54) is 40.9 Å². The molecule has 3 aromatic heterocycles. The number of carbonyl (C=O) groups is 2. The zero-order valence-electron chi connectivity index (χ0n) is 19.0. The highest BCUT2D eigenvalue weighted by atomic mass is 32.1. The quantitative estimate of drug-likeness (QED) is 0.355. The summed E-state index contributed by atoms with van der Waals surface area (Å²) in [7, 11) is 4.40. The third kappa shape index (κ3) is 4.05. The minimum absolute atomic E-state index is 0.119. The summed E-state index contributed by atoms with van der Waals surface area (Å²) >= 11 is 1.22. The molecule has 0 bridgehead atoms. The Morgan fingerprint density at radius 2 is 1.91 bits per heavy atom. The minimum Gasteiger partial charge on any atom is -0.497 e. The standard InChI is InChI=1S/C21H22N6O6S/c1-5-33-16(29)10-27-13-7-6-12(32-4)8-14(13)34-20(27)23-15(28)9-26-11-22-18-17(26)19(30)25(3)21(31)24(18)2/h6-8,11H,5,9-10H2,1-4H3. The number of methoxy groups -OCH3 is 1. The maximum absolute atomic E-state index is 12.9. The molecule has 0 fully saturated rings. The SMILES string of the molecule is CCOC(=O)Cn1c(=NC(=O)Cn2cnc3c2c(=O)n(C)c(=O)n3C)sc2cc(OC)ccc21. The van der Waals surface area contributed by atoms with E-state index in [1.807, 2.05) is 0 Å².